The Balaban J connectivity index is 0.00000264. The van der Waals surface area contributed by atoms with Crippen molar-refractivity contribution in [2.75, 3.05) is 26.2 Å². The fourth-order valence-corrected chi connectivity index (χ4v) is 2.77. The van der Waals surface area contributed by atoms with Crippen molar-refractivity contribution in [2.24, 2.45) is 5.92 Å². The van der Waals surface area contributed by atoms with Gasteiger partial charge in [0.2, 0.25) is 5.91 Å². The van der Waals surface area contributed by atoms with E-state index in [4.69, 9.17) is 4.74 Å². The number of rotatable bonds is 5. The molecule has 1 aliphatic rings. The molecule has 4 nitrogen and oxygen atoms in total. The van der Waals surface area contributed by atoms with Crippen LogP contribution >= 0.6 is 12.4 Å². The number of halogens is 1. The molecule has 1 aromatic rings. The molecule has 0 radical (unpaired) electrons. The maximum Gasteiger partial charge on any atom is 0.224 e. The van der Waals surface area contributed by atoms with Gasteiger partial charge >= 0.3 is 0 Å². The number of nitrogens with one attached hydrogen (secondary N) is 2. The summed E-state index contributed by atoms with van der Waals surface area (Å²) in [6.45, 7) is 9.38. The molecule has 1 amide bonds. The molecule has 0 saturated carbocycles. The van der Waals surface area contributed by atoms with Crippen LogP contribution in [0.2, 0.25) is 0 Å². The highest BCUT2D eigenvalue weighted by atomic mass is 35.5. The molecule has 0 aromatic heterocycles. The van der Waals surface area contributed by atoms with Gasteiger partial charge in [0.1, 0.15) is 12.4 Å². The lowest BCUT2D eigenvalue weighted by Crippen LogP contribution is -2.41. The molecule has 1 heterocycles. The van der Waals surface area contributed by atoms with Gasteiger partial charge in [0.15, 0.2) is 0 Å². The van der Waals surface area contributed by atoms with Crippen LogP contribution in [0.15, 0.2) is 24.3 Å². The third-order valence-corrected chi connectivity index (χ3v) is 4.02. The Morgan fingerprint density at radius 1 is 1.35 bits per heavy atom. The van der Waals surface area contributed by atoms with Crippen LogP contribution in [-0.4, -0.2) is 32.1 Å². The van der Waals surface area contributed by atoms with Crippen LogP contribution in [-0.2, 0) is 10.2 Å². The van der Waals surface area contributed by atoms with E-state index in [2.05, 4.69) is 37.5 Å². The number of hydrogen-bond acceptors (Lipinski definition) is 3. The SMILES string of the molecule is CC(C)(C)c1ccccc1OCCNC(=O)C1CCCNC1.Cl. The molecule has 1 unspecified atom stereocenters. The number of carbonyl (C=O) groups is 1. The van der Waals surface area contributed by atoms with Gasteiger partial charge < -0.3 is 15.4 Å². The van der Waals surface area contributed by atoms with Crippen molar-refractivity contribution < 1.29 is 9.53 Å². The van der Waals surface area contributed by atoms with Crippen molar-refractivity contribution in [1.29, 1.82) is 0 Å². The Bertz CT molecular complexity index is 494. The lowest BCUT2D eigenvalue weighted by molar-refractivity contribution is -0.125. The van der Waals surface area contributed by atoms with Gasteiger partial charge in [0, 0.05) is 6.54 Å². The normalized spacial score (nSPS) is 18.0. The number of benzene rings is 1. The van der Waals surface area contributed by atoms with Crippen molar-refractivity contribution in [3.63, 3.8) is 0 Å². The fourth-order valence-electron chi connectivity index (χ4n) is 2.77. The van der Waals surface area contributed by atoms with E-state index >= 15 is 0 Å². The van der Waals surface area contributed by atoms with Crippen LogP contribution in [0.1, 0.15) is 39.2 Å². The van der Waals surface area contributed by atoms with Crippen LogP contribution < -0.4 is 15.4 Å². The summed E-state index contributed by atoms with van der Waals surface area (Å²) in [4.78, 5) is 12.0. The van der Waals surface area contributed by atoms with Crippen molar-refractivity contribution >= 4 is 18.3 Å². The number of para-hydroxylation sites is 1. The molecule has 2 N–H and O–H groups in total. The van der Waals surface area contributed by atoms with E-state index in [1.165, 1.54) is 5.56 Å². The van der Waals surface area contributed by atoms with Gasteiger partial charge in [-0.05, 0) is 36.4 Å². The Labute approximate surface area is 145 Å². The molecule has 0 spiro atoms. The lowest BCUT2D eigenvalue weighted by atomic mass is 9.86. The molecule has 1 atom stereocenters. The standard InChI is InChI=1S/C18H28N2O2.ClH/c1-18(2,3)15-8-4-5-9-16(15)22-12-11-20-17(21)14-7-6-10-19-13-14;/h4-5,8-9,14,19H,6-7,10-13H2,1-3H3,(H,20,21);1H. The van der Waals surface area contributed by atoms with E-state index in [-0.39, 0.29) is 29.6 Å². The Morgan fingerprint density at radius 3 is 2.74 bits per heavy atom. The number of carbonyl (C=O) groups excluding carboxylic acids is 1. The second-order valence-electron chi connectivity index (χ2n) is 6.93. The fraction of sp³-hybridized carbons (Fsp3) is 0.611. The minimum Gasteiger partial charge on any atom is -0.491 e. The number of amides is 1. The van der Waals surface area contributed by atoms with Gasteiger partial charge in [0.05, 0.1) is 12.5 Å². The highest BCUT2D eigenvalue weighted by Gasteiger charge is 2.21. The molecule has 1 saturated heterocycles. The van der Waals surface area contributed by atoms with Crippen LogP contribution in [0.25, 0.3) is 0 Å². The average Bonchev–Trinajstić information content (AvgIpc) is 2.51. The van der Waals surface area contributed by atoms with Crippen LogP contribution in [0.5, 0.6) is 5.75 Å². The predicted molar refractivity (Wildman–Crippen MR) is 96.5 cm³/mol. The summed E-state index contributed by atoms with van der Waals surface area (Å²) in [5.41, 5.74) is 1.24. The number of piperidine rings is 1. The quantitative estimate of drug-likeness (QED) is 0.810. The first-order chi connectivity index (χ1) is 10.5. The van der Waals surface area contributed by atoms with Gasteiger partial charge in [-0.25, -0.2) is 0 Å². The summed E-state index contributed by atoms with van der Waals surface area (Å²) >= 11 is 0. The largest absolute Gasteiger partial charge is 0.491 e. The Hall–Kier alpha value is -1.26. The van der Waals surface area contributed by atoms with Crippen molar-refractivity contribution in [2.45, 2.75) is 39.0 Å². The van der Waals surface area contributed by atoms with E-state index in [0.717, 1.165) is 31.7 Å². The summed E-state index contributed by atoms with van der Waals surface area (Å²) in [6.07, 6.45) is 2.06. The van der Waals surface area contributed by atoms with Gasteiger partial charge in [-0.2, -0.15) is 0 Å². The molecule has 1 fully saturated rings. The zero-order valence-corrected chi connectivity index (χ0v) is 15.2. The van der Waals surface area contributed by atoms with Crippen LogP contribution in [0.3, 0.4) is 0 Å². The molecule has 5 heteroatoms. The zero-order valence-electron chi connectivity index (χ0n) is 14.4. The Kier molecular flexibility index (Phi) is 7.86. The number of hydrogen-bond donors (Lipinski definition) is 2. The number of ether oxygens (including phenoxy) is 1. The molecular weight excluding hydrogens is 312 g/mol. The van der Waals surface area contributed by atoms with Crippen molar-refractivity contribution in [3.8, 4) is 5.75 Å². The Morgan fingerprint density at radius 2 is 2.09 bits per heavy atom. The summed E-state index contributed by atoms with van der Waals surface area (Å²) in [5, 5.41) is 6.24. The third kappa shape index (κ3) is 6.04. The topological polar surface area (TPSA) is 50.4 Å². The molecule has 0 aliphatic carbocycles. The van der Waals surface area contributed by atoms with E-state index in [9.17, 15) is 4.79 Å². The molecule has 1 aliphatic heterocycles. The highest BCUT2D eigenvalue weighted by Crippen LogP contribution is 2.30. The second kappa shape index (κ2) is 9.14. The van der Waals surface area contributed by atoms with E-state index in [1.807, 2.05) is 18.2 Å². The summed E-state index contributed by atoms with van der Waals surface area (Å²) in [6, 6.07) is 8.11. The summed E-state index contributed by atoms with van der Waals surface area (Å²) in [5.74, 6) is 1.15. The van der Waals surface area contributed by atoms with Crippen molar-refractivity contribution in [3.05, 3.63) is 29.8 Å². The maximum absolute atomic E-state index is 12.0. The van der Waals surface area contributed by atoms with E-state index < -0.39 is 0 Å². The van der Waals surface area contributed by atoms with Gasteiger partial charge in [-0.3, -0.25) is 4.79 Å². The second-order valence-corrected chi connectivity index (χ2v) is 6.93. The summed E-state index contributed by atoms with van der Waals surface area (Å²) < 4.78 is 5.87. The van der Waals surface area contributed by atoms with Crippen LogP contribution in [0.4, 0.5) is 0 Å². The first-order valence-corrected chi connectivity index (χ1v) is 8.19. The molecule has 0 bridgehead atoms. The highest BCUT2D eigenvalue weighted by molar-refractivity contribution is 5.85. The molecule has 23 heavy (non-hydrogen) atoms. The predicted octanol–water partition coefficient (Wildman–Crippen LogP) is 2.90. The molecule has 130 valence electrons. The zero-order chi connectivity index (χ0) is 16.0. The van der Waals surface area contributed by atoms with Gasteiger partial charge in [-0.1, -0.05) is 39.0 Å². The minimum absolute atomic E-state index is 0. The smallest absolute Gasteiger partial charge is 0.224 e. The minimum atomic E-state index is 0. The van der Waals surface area contributed by atoms with E-state index in [0.29, 0.717) is 13.2 Å². The van der Waals surface area contributed by atoms with Crippen LogP contribution in [0, 0.1) is 5.92 Å². The summed E-state index contributed by atoms with van der Waals surface area (Å²) in [7, 11) is 0. The third-order valence-electron chi connectivity index (χ3n) is 4.02. The average molecular weight is 341 g/mol. The first-order valence-electron chi connectivity index (χ1n) is 8.19. The molecule has 2 rings (SSSR count). The lowest BCUT2D eigenvalue weighted by Gasteiger charge is -2.23. The molecular formula is C18H29ClN2O2. The van der Waals surface area contributed by atoms with Gasteiger partial charge in [0.25, 0.3) is 0 Å². The van der Waals surface area contributed by atoms with Gasteiger partial charge in [-0.15, -0.1) is 12.4 Å². The van der Waals surface area contributed by atoms with Crippen molar-refractivity contribution in [1.82, 2.24) is 10.6 Å². The molecule has 1 aromatic carbocycles. The maximum atomic E-state index is 12.0. The first kappa shape index (κ1) is 19.8. The van der Waals surface area contributed by atoms with E-state index in [1.54, 1.807) is 0 Å². The monoisotopic (exact) mass is 340 g/mol.